The third-order valence-corrected chi connectivity index (χ3v) is 3.41. The molecule has 0 aromatic heterocycles. The summed E-state index contributed by atoms with van der Waals surface area (Å²) >= 11 is 0. The molecule has 1 N–H and O–H groups in total. The Morgan fingerprint density at radius 3 is 2.38 bits per heavy atom. The number of rotatable bonds is 4. The summed E-state index contributed by atoms with van der Waals surface area (Å²) in [4.78, 5) is 12.3. The number of carbonyl (C=O) groups excluding carboxylic acids is 1. The minimum Gasteiger partial charge on any atom is -0.369 e. The Bertz CT molecular complexity index is 271. The van der Waals surface area contributed by atoms with E-state index in [-0.39, 0.29) is 23.0 Å². The average molecular weight is 227 g/mol. The normalized spacial score (nSPS) is 29.0. The highest BCUT2D eigenvalue weighted by atomic mass is 16.5. The van der Waals surface area contributed by atoms with Crippen LogP contribution in [-0.4, -0.2) is 30.6 Å². The monoisotopic (exact) mass is 227 g/mol. The minimum absolute atomic E-state index is 0.0193. The summed E-state index contributed by atoms with van der Waals surface area (Å²) in [5.41, 5.74) is -0.508. The number of Topliss-reactive ketones (excluding diaryl/α,β-unsaturated/α-hetero) is 1. The van der Waals surface area contributed by atoms with Gasteiger partial charge < -0.3 is 10.1 Å². The van der Waals surface area contributed by atoms with Crippen LogP contribution in [0.1, 0.15) is 41.0 Å². The highest BCUT2D eigenvalue weighted by Gasteiger charge is 2.49. The highest BCUT2D eigenvalue weighted by Crippen LogP contribution is 2.43. The fraction of sp³-hybridized carbons (Fsp3) is 0.923. The summed E-state index contributed by atoms with van der Waals surface area (Å²) in [6.07, 6.45) is 0.826. The van der Waals surface area contributed by atoms with Crippen molar-refractivity contribution >= 4 is 5.78 Å². The zero-order chi connectivity index (χ0) is 12.6. The lowest BCUT2D eigenvalue weighted by atomic mass is 9.80. The number of carbonyl (C=O) groups is 1. The second-order valence-electron chi connectivity index (χ2n) is 6.08. The van der Waals surface area contributed by atoms with Gasteiger partial charge in [-0.3, -0.25) is 4.79 Å². The van der Waals surface area contributed by atoms with Gasteiger partial charge in [0, 0.05) is 18.4 Å². The van der Waals surface area contributed by atoms with Crippen molar-refractivity contribution in [2.24, 2.45) is 11.8 Å². The van der Waals surface area contributed by atoms with Gasteiger partial charge in [0.15, 0.2) is 0 Å². The molecule has 3 heteroatoms. The van der Waals surface area contributed by atoms with E-state index in [0.29, 0.717) is 5.78 Å². The van der Waals surface area contributed by atoms with Crippen LogP contribution in [0.4, 0.5) is 0 Å². The lowest BCUT2D eigenvalue weighted by Crippen LogP contribution is -2.38. The Balaban J connectivity index is 2.77. The van der Waals surface area contributed by atoms with E-state index in [2.05, 4.69) is 19.2 Å². The molecule has 1 heterocycles. The van der Waals surface area contributed by atoms with Crippen LogP contribution < -0.4 is 5.32 Å². The number of hydrogen-bond donors (Lipinski definition) is 1. The Morgan fingerprint density at radius 2 is 2.00 bits per heavy atom. The SMILES string of the molecule is CNCC(C)C(=O)C1CC(C)(C)OC1(C)C. The second kappa shape index (κ2) is 4.46. The summed E-state index contributed by atoms with van der Waals surface area (Å²) in [7, 11) is 1.88. The Labute approximate surface area is 98.9 Å². The van der Waals surface area contributed by atoms with Gasteiger partial charge in [-0.15, -0.1) is 0 Å². The lowest BCUT2D eigenvalue weighted by Gasteiger charge is -2.28. The molecule has 1 rings (SSSR count). The Morgan fingerprint density at radius 1 is 1.44 bits per heavy atom. The molecule has 0 aliphatic carbocycles. The molecule has 0 aromatic rings. The van der Waals surface area contributed by atoms with Gasteiger partial charge in [0.2, 0.25) is 0 Å². The van der Waals surface area contributed by atoms with Gasteiger partial charge in [-0.05, 0) is 41.2 Å². The van der Waals surface area contributed by atoms with Crippen LogP contribution in [0.5, 0.6) is 0 Å². The molecule has 0 aromatic carbocycles. The maximum absolute atomic E-state index is 12.3. The molecule has 0 spiro atoms. The molecule has 1 aliphatic heterocycles. The molecule has 2 atom stereocenters. The third kappa shape index (κ3) is 2.83. The van der Waals surface area contributed by atoms with E-state index in [1.165, 1.54) is 0 Å². The predicted octanol–water partition coefficient (Wildman–Crippen LogP) is 2.00. The predicted molar refractivity (Wildman–Crippen MR) is 65.4 cm³/mol. The number of hydrogen-bond acceptors (Lipinski definition) is 3. The van der Waals surface area contributed by atoms with Crippen LogP contribution in [0.15, 0.2) is 0 Å². The van der Waals surface area contributed by atoms with Crippen LogP contribution in [0.3, 0.4) is 0 Å². The van der Waals surface area contributed by atoms with E-state index >= 15 is 0 Å². The van der Waals surface area contributed by atoms with Crippen molar-refractivity contribution < 1.29 is 9.53 Å². The average Bonchev–Trinajstić information content (AvgIpc) is 2.33. The van der Waals surface area contributed by atoms with Crippen molar-refractivity contribution in [1.29, 1.82) is 0 Å². The molecule has 0 radical (unpaired) electrons. The maximum Gasteiger partial charge on any atom is 0.143 e. The highest BCUT2D eigenvalue weighted by molar-refractivity contribution is 5.84. The first-order valence-corrected chi connectivity index (χ1v) is 6.08. The summed E-state index contributed by atoms with van der Waals surface area (Å²) in [6.45, 7) is 10.9. The fourth-order valence-electron chi connectivity index (χ4n) is 2.76. The molecular formula is C13H25NO2. The topological polar surface area (TPSA) is 38.3 Å². The smallest absolute Gasteiger partial charge is 0.143 e. The van der Waals surface area contributed by atoms with E-state index in [1.807, 2.05) is 27.8 Å². The molecule has 3 nitrogen and oxygen atoms in total. The molecule has 1 aliphatic rings. The van der Waals surface area contributed by atoms with Gasteiger partial charge in [0.05, 0.1) is 11.2 Å². The third-order valence-electron chi connectivity index (χ3n) is 3.41. The summed E-state index contributed by atoms with van der Waals surface area (Å²) in [5, 5.41) is 3.06. The van der Waals surface area contributed by atoms with Crippen molar-refractivity contribution in [3.05, 3.63) is 0 Å². The van der Waals surface area contributed by atoms with Gasteiger partial charge in [-0.2, -0.15) is 0 Å². The first-order chi connectivity index (χ1) is 7.19. The van der Waals surface area contributed by atoms with Crippen LogP contribution >= 0.6 is 0 Å². The maximum atomic E-state index is 12.3. The van der Waals surface area contributed by atoms with Crippen molar-refractivity contribution in [3.63, 3.8) is 0 Å². The van der Waals surface area contributed by atoms with E-state index in [9.17, 15) is 4.79 Å². The lowest BCUT2D eigenvalue weighted by molar-refractivity contribution is -0.132. The van der Waals surface area contributed by atoms with Crippen molar-refractivity contribution in [2.45, 2.75) is 52.2 Å². The molecule has 2 unspecified atom stereocenters. The standard InChI is InChI=1S/C13H25NO2/c1-9(8-14-6)11(15)10-7-12(2,3)16-13(10,4)5/h9-10,14H,7-8H2,1-6H3. The summed E-state index contributed by atoms with van der Waals surface area (Å²) in [5.74, 6) is 0.405. The quantitative estimate of drug-likeness (QED) is 0.798. The Hall–Kier alpha value is -0.410. The fourth-order valence-corrected chi connectivity index (χ4v) is 2.76. The second-order valence-corrected chi connectivity index (χ2v) is 6.08. The van der Waals surface area contributed by atoms with Crippen molar-refractivity contribution in [3.8, 4) is 0 Å². The van der Waals surface area contributed by atoms with Crippen molar-refractivity contribution in [1.82, 2.24) is 5.32 Å². The largest absolute Gasteiger partial charge is 0.369 e. The minimum atomic E-state index is -0.331. The number of nitrogens with one attached hydrogen (secondary N) is 1. The van der Waals surface area contributed by atoms with E-state index in [4.69, 9.17) is 4.74 Å². The molecule has 0 saturated carbocycles. The van der Waals surface area contributed by atoms with Crippen LogP contribution in [-0.2, 0) is 9.53 Å². The van der Waals surface area contributed by atoms with E-state index < -0.39 is 0 Å². The van der Waals surface area contributed by atoms with Crippen LogP contribution in [0, 0.1) is 11.8 Å². The first-order valence-electron chi connectivity index (χ1n) is 6.08. The van der Waals surface area contributed by atoms with Crippen LogP contribution in [0.25, 0.3) is 0 Å². The van der Waals surface area contributed by atoms with Crippen molar-refractivity contribution in [2.75, 3.05) is 13.6 Å². The van der Waals surface area contributed by atoms with E-state index in [0.717, 1.165) is 13.0 Å². The number of ketones is 1. The summed E-state index contributed by atoms with van der Waals surface area (Å²) in [6, 6.07) is 0. The van der Waals surface area contributed by atoms with E-state index in [1.54, 1.807) is 0 Å². The summed E-state index contributed by atoms with van der Waals surface area (Å²) < 4.78 is 5.96. The number of ether oxygens (including phenoxy) is 1. The zero-order valence-electron chi connectivity index (χ0n) is 11.4. The molecule has 16 heavy (non-hydrogen) atoms. The Kier molecular flexibility index (Phi) is 3.80. The molecular weight excluding hydrogens is 202 g/mol. The van der Waals surface area contributed by atoms with Crippen LogP contribution in [0.2, 0.25) is 0 Å². The molecule has 1 saturated heterocycles. The molecule has 94 valence electrons. The van der Waals surface area contributed by atoms with Gasteiger partial charge >= 0.3 is 0 Å². The molecule has 0 amide bonds. The van der Waals surface area contributed by atoms with Gasteiger partial charge in [0.1, 0.15) is 5.78 Å². The first kappa shape index (κ1) is 13.7. The van der Waals surface area contributed by atoms with Gasteiger partial charge in [-0.1, -0.05) is 6.92 Å². The molecule has 0 bridgehead atoms. The zero-order valence-corrected chi connectivity index (χ0v) is 11.4. The molecule has 1 fully saturated rings. The van der Waals surface area contributed by atoms with Gasteiger partial charge in [-0.25, -0.2) is 0 Å². The van der Waals surface area contributed by atoms with Gasteiger partial charge in [0.25, 0.3) is 0 Å².